The predicted molar refractivity (Wildman–Crippen MR) is 73.8 cm³/mol. The molecule has 2 aromatic rings. The van der Waals surface area contributed by atoms with Gasteiger partial charge in [0.25, 0.3) is 11.6 Å². The summed E-state index contributed by atoms with van der Waals surface area (Å²) in [6.45, 7) is 0. The number of H-pyrrole nitrogens is 1. The lowest BCUT2D eigenvalue weighted by Gasteiger charge is -2.07. The van der Waals surface area contributed by atoms with E-state index in [4.69, 9.17) is 16.7 Å². The zero-order chi connectivity index (χ0) is 15.6. The summed E-state index contributed by atoms with van der Waals surface area (Å²) in [4.78, 5) is 35.3. The Labute approximate surface area is 122 Å². The van der Waals surface area contributed by atoms with E-state index in [1.54, 1.807) is 0 Å². The second-order valence-electron chi connectivity index (χ2n) is 3.98. The van der Waals surface area contributed by atoms with Gasteiger partial charge in [-0.15, -0.1) is 0 Å². The van der Waals surface area contributed by atoms with Gasteiger partial charge in [-0.1, -0.05) is 11.6 Å². The maximum atomic E-state index is 11.9. The van der Waals surface area contributed by atoms with Gasteiger partial charge in [-0.25, -0.2) is 4.79 Å². The summed E-state index contributed by atoms with van der Waals surface area (Å²) in [5, 5.41) is 22.2. The standard InChI is InChI=1S/C12H8ClN3O5/c13-6-1-2-8(12(18)19)9(3-6)15-11(17)10-4-7(5-14-10)16(20)21/h1-5,14H,(H,15,17)(H,18,19). The molecule has 1 aromatic carbocycles. The van der Waals surface area contributed by atoms with E-state index in [0.717, 1.165) is 12.3 Å². The van der Waals surface area contributed by atoms with Crippen molar-refractivity contribution in [1.82, 2.24) is 4.98 Å². The van der Waals surface area contributed by atoms with Crippen molar-refractivity contribution >= 4 is 34.9 Å². The fraction of sp³-hybridized carbons (Fsp3) is 0. The molecule has 8 nitrogen and oxygen atoms in total. The van der Waals surface area contributed by atoms with Crippen molar-refractivity contribution < 1.29 is 19.6 Å². The minimum absolute atomic E-state index is 0.00254. The van der Waals surface area contributed by atoms with Crippen LogP contribution in [0.1, 0.15) is 20.8 Å². The zero-order valence-electron chi connectivity index (χ0n) is 10.3. The quantitative estimate of drug-likeness (QED) is 0.591. The number of hydrogen-bond acceptors (Lipinski definition) is 4. The topological polar surface area (TPSA) is 125 Å². The molecule has 0 spiro atoms. The van der Waals surface area contributed by atoms with Crippen LogP contribution in [0.3, 0.4) is 0 Å². The summed E-state index contributed by atoms with van der Waals surface area (Å²) in [6.07, 6.45) is 1.06. The van der Waals surface area contributed by atoms with Crippen LogP contribution >= 0.6 is 11.6 Å². The van der Waals surface area contributed by atoms with E-state index in [0.29, 0.717) is 0 Å². The molecule has 21 heavy (non-hydrogen) atoms. The average molecular weight is 310 g/mol. The number of carbonyl (C=O) groups is 2. The maximum absolute atomic E-state index is 11.9. The van der Waals surface area contributed by atoms with Gasteiger partial charge in [0, 0.05) is 11.1 Å². The number of nitro groups is 1. The molecule has 0 aliphatic carbocycles. The third kappa shape index (κ3) is 3.18. The van der Waals surface area contributed by atoms with Gasteiger partial charge in [0.05, 0.1) is 22.4 Å². The molecule has 0 aliphatic rings. The predicted octanol–water partition coefficient (Wildman–Crippen LogP) is 2.53. The Morgan fingerprint density at radius 3 is 2.62 bits per heavy atom. The van der Waals surface area contributed by atoms with Crippen molar-refractivity contribution in [2.24, 2.45) is 0 Å². The third-order valence-corrected chi connectivity index (χ3v) is 2.82. The summed E-state index contributed by atoms with van der Waals surface area (Å²) in [5.41, 5.74) is -0.492. The van der Waals surface area contributed by atoms with Gasteiger partial charge >= 0.3 is 5.97 Å². The van der Waals surface area contributed by atoms with Gasteiger partial charge in [-0.3, -0.25) is 14.9 Å². The van der Waals surface area contributed by atoms with Crippen molar-refractivity contribution in [3.05, 3.63) is 56.9 Å². The van der Waals surface area contributed by atoms with Gasteiger partial charge in [-0.05, 0) is 18.2 Å². The van der Waals surface area contributed by atoms with Crippen LogP contribution in [-0.2, 0) is 0 Å². The molecule has 0 bridgehead atoms. The van der Waals surface area contributed by atoms with Crippen LogP contribution in [0.5, 0.6) is 0 Å². The van der Waals surface area contributed by atoms with Gasteiger partial charge in [-0.2, -0.15) is 0 Å². The molecule has 0 aliphatic heterocycles. The Morgan fingerprint density at radius 2 is 2.05 bits per heavy atom. The molecule has 0 saturated heterocycles. The number of aromatic carboxylic acids is 1. The lowest BCUT2D eigenvalue weighted by Crippen LogP contribution is -2.15. The Balaban J connectivity index is 2.28. The van der Waals surface area contributed by atoms with Crippen LogP contribution in [0.2, 0.25) is 5.02 Å². The molecule has 2 rings (SSSR count). The van der Waals surface area contributed by atoms with Crippen LogP contribution in [0.4, 0.5) is 11.4 Å². The second-order valence-corrected chi connectivity index (χ2v) is 4.41. The van der Waals surface area contributed by atoms with Gasteiger partial charge in [0.1, 0.15) is 5.69 Å². The van der Waals surface area contributed by atoms with Crippen molar-refractivity contribution in [3.63, 3.8) is 0 Å². The zero-order valence-corrected chi connectivity index (χ0v) is 11.0. The highest BCUT2D eigenvalue weighted by Crippen LogP contribution is 2.22. The van der Waals surface area contributed by atoms with Crippen LogP contribution in [0, 0.1) is 10.1 Å². The Kier molecular flexibility index (Phi) is 3.90. The molecule has 9 heteroatoms. The van der Waals surface area contributed by atoms with E-state index in [1.165, 1.54) is 18.2 Å². The van der Waals surface area contributed by atoms with Crippen molar-refractivity contribution in [2.45, 2.75) is 0 Å². The van der Waals surface area contributed by atoms with Crippen LogP contribution in [0.15, 0.2) is 30.5 Å². The summed E-state index contributed by atoms with van der Waals surface area (Å²) in [6, 6.07) is 4.94. The lowest BCUT2D eigenvalue weighted by atomic mass is 10.1. The first-order valence-corrected chi connectivity index (χ1v) is 5.93. The Morgan fingerprint density at radius 1 is 1.33 bits per heavy atom. The molecule has 1 aromatic heterocycles. The van der Waals surface area contributed by atoms with Crippen LogP contribution < -0.4 is 5.32 Å². The number of amides is 1. The number of aromatic amines is 1. The average Bonchev–Trinajstić information content (AvgIpc) is 2.88. The highest BCUT2D eigenvalue weighted by molar-refractivity contribution is 6.31. The van der Waals surface area contributed by atoms with Gasteiger partial charge in [0.15, 0.2) is 0 Å². The lowest BCUT2D eigenvalue weighted by molar-refractivity contribution is -0.384. The number of rotatable bonds is 4. The first-order valence-electron chi connectivity index (χ1n) is 5.55. The maximum Gasteiger partial charge on any atom is 0.337 e. The first-order chi connectivity index (χ1) is 9.88. The number of carboxylic acids is 1. The Hall–Kier alpha value is -2.87. The van der Waals surface area contributed by atoms with E-state index >= 15 is 0 Å². The first kappa shape index (κ1) is 14.5. The van der Waals surface area contributed by atoms with E-state index < -0.39 is 16.8 Å². The highest BCUT2D eigenvalue weighted by Gasteiger charge is 2.17. The molecule has 0 atom stereocenters. The molecular formula is C12H8ClN3O5. The van der Waals surface area contributed by atoms with Crippen molar-refractivity contribution in [1.29, 1.82) is 0 Å². The normalized spacial score (nSPS) is 10.1. The molecule has 1 amide bonds. The van der Waals surface area contributed by atoms with Crippen molar-refractivity contribution in [2.75, 3.05) is 5.32 Å². The van der Waals surface area contributed by atoms with E-state index in [1.807, 2.05) is 0 Å². The third-order valence-electron chi connectivity index (χ3n) is 2.58. The molecule has 1 heterocycles. The fourth-order valence-electron chi connectivity index (χ4n) is 1.62. The highest BCUT2D eigenvalue weighted by atomic mass is 35.5. The number of nitrogens with zero attached hydrogens (tertiary/aromatic N) is 1. The number of carboxylic acid groups (broad SMARTS) is 1. The van der Waals surface area contributed by atoms with Crippen molar-refractivity contribution in [3.8, 4) is 0 Å². The van der Waals surface area contributed by atoms with Gasteiger partial charge < -0.3 is 15.4 Å². The molecule has 0 saturated carbocycles. The Bertz CT molecular complexity index is 740. The second kappa shape index (κ2) is 5.63. The monoisotopic (exact) mass is 309 g/mol. The number of hydrogen-bond donors (Lipinski definition) is 3. The number of halogens is 1. The molecule has 0 fully saturated rings. The minimum Gasteiger partial charge on any atom is -0.478 e. The summed E-state index contributed by atoms with van der Waals surface area (Å²) in [7, 11) is 0. The minimum atomic E-state index is -1.24. The van der Waals surface area contributed by atoms with Crippen LogP contribution in [-0.4, -0.2) is 26.9 Å². The number of nitrogens with one attached hydrogen (secondary N) is 2. The van der Waals surface area contributed by atoms with E-state index in [2.05, 4.69) is 10.3 Å². The molecule has 0 radical (unpaired) electrons. The molecule has 3 N–H and O–H groups in total. The van der Waals surface area contributed by atoms with E-state index in [9.17, 15) is 19.7 Å². The number of carbonyl (C=O) groups excluding carboxylic acids is 1. The summed E-state index contributed by atoms with van der Waals surface area (Å²) < 4.78 is 0. The fourth-order valence-corrected chi connectivity index (χ4v) is 1.79. The number of aromatic nitrogens is 1. The number of benzene rings is 1. The SMILES string of the molecule is O=C(Nc1cc(Cl)ccc1C(=O)O)c1cc([N+](=O)[O-])c[nH]1. The summed E-state index contributed by atoms with van der Waals surface area (Å²) in [5.74, 6) is -1.95. The smallest absolute Gasteiger partial charge is 0.337 e. The number of anilines is 1. The molecule has 108 valence electrons. The summed E-state index contributed by atoms with van der Waals surface area (Å²) >= 11 is 5.76. The largest absolute Gasteiger partial charge is 0.478 e. The molecule has 0 unspecified atom stereocenters. The molecular weight excluding hydrogens is 302 g/mol. The van der Waals surface area contributed by atoms with Gasteiger partial charge in [0.2, 0.25) is 0 Å². The van der Waals surface area contributed by atoms with E-state index in [-0.39, 0.29) is 27.7 Å². The van der Waals surface area contributed by atoms with Crippen LogP contribution in [0.25, 0.3) is 0 Å².